The highest BCUT2D eigenvalue weighted by molar-refractivity contribution is 9.10. The Balaban J connectivity index is 1.78. The molecule has 0 aliphatic carbocycles. The molecule has 0 aromatic heterocycles. The highest BCUT2D eigenvalue weighted by Crippen LogP contribution is 2.39. The predicted octanol–water partition coefficient (Wildman–Crippen LogP) is 1.84. The van der Waals surface area contributed by atoms with Crippen LogP contribution in [-0.4, -0.2) is 50.6 Å². The molecule has 0 bridgehead atoms. The average molecular weight is 376 g/mol. The molecule has 1 atom stereocenters. The second kappa shape index (κ2) is 5.78. The molecule has 1 fully saturated rings. The Labute approximate surface area is 133 Å². The number of sulfone groups is 1. The molecule has 116 valence electrons. The van der Waals surface area contributed by atoms with Crippen molar-refractivity contribution >= 4 is 25.8 Å². The van der Waals surface area contributed by atoms with Crippen molar-refractivity contribution in [1.82, 2.24) is 4.90 Å². The summed E-state index contributed by atoms with van der Waals surface area (Å²) in [5.41, 5.74) is 1.09. The number of hydrogen-bond donors (Lipinski definition) is 0. The summed E-state index contributed by atoms with van der Waals surface area (Å²) in [6.45, 7) is 4.37. The van der Waals surface area contributed by atoms with Gasteiger partial charge in [-0.05, 0) is 40.5 Å². The first-order chi connectivity index (χ1) is 9.94. The van der Waals surface area contributed by atoms with Gasteiger partial charge in [0, 0.05) is 19.1 Å². The van der Waals surface area contributed by atoms with Crippen LogP contribution in [0.25, 0.3) is 0 Å². The summed E-state index contributed by atoms with van der Waals surface area (Å²) in [5.74, 6) is 1.98. The van der Waals surface area contributed by atoms with Crippen LogP contribution < -0.4 is 9.47 Å². The van der Waals surface area contributed by atoms with Gasteiger partial charge in [0.25, 0.3) is 0 Å². The van der Waals surface area contributed by atoms with Crippen LogP contribution in [0.2, 0.25) is 0 Å². The molecular weight excluding hydrogens is 358 g/mol. The summed E-state index contributed by atoms with van der Waals surface area (Å²) in [6.07, 6.45) is 0. The first-order valence-electron chi connectivity index (χ1n) is 6.97. The summed E-state index contributed by atoms with van der Waals surface area (Å²) in [5, 5.41) is 0. The highest BCUT2D eigenvalue weighted by atomic mass is 79.9. The number of ether oxygens (including phenoxy) is 2. The van der Waals surface area contributed by atoms with E-state index in [0.717, 1.165) is 21.5 Å². The maximum absolute atomic E-state index is 11.6. The number of fused-ring (bicyclic) bond motifs is 1. The first kappa shape index (κ1) is 15.1. The van der Waals surface area contributed by atoms with E-state index in [1.165, 1.54) is 0 Å². The molecule has 2 aliphatic rings. The molecule has 1 unspecified atom stereocenters. The van der Waals surface area contributed by atoms with E-state index in [9.17, 15) is 8.42 Å². The van der Waals surface area contributed by atoms with E-state index in [2.05, 4.69) is 20.8 Å². The Morgan fingerprint density at radius 1 is 1.33 bits per heavy atom. The number of halogens is 1. The first-order valence-corrected chi connectivity index (χ1v) is 9.58. The minimum Gasteiger partial charge on any atom is -0.486 e. The summed E-state index contributed by atoms with van der Waals surface area (Å²) in [7, 11) is -2.88. The van der Waals surface area contributed by atoms with Gasteiger partial charge in [0.15, 0.2) is 21.3 Å². The minimum absolute atomic E-state index is 0.0377. The Kier molecular flexibility index (Phi) is 4.16. The van der Waals surface area contributed by atoms with Crippen molar-refractivity contribution in [3.63, 3.8) is 0 Å². The Morgan fingerprint density at radius 3 is 2.86 bits per heavy atom. The molecule has 0 amide bonds. The fourth-order valence-corrected chi connectivity index (χ4v) is 4.99. The van der Waals surface area contributed by atoms with Crippen molar-refractivity contribution in [1.29, 1.82) is 0 Å². The van der Waals surface area contributed by atoms with Gasteiger partial charge >= 0.3 is 0 Å². The van der Waals surface area contributed by atoms with Crippen molar-refractivity contribution in [2.45, 2.75) is 19.5 Å². The summed E-state index contributed by atoms with van der Waals surface area (Å²) >= 11 is 3.51. The second-order valence-corrected chi connectivity index (χ2v) is 8.62. The lowest BCUT2D eigenvalue weighted by molar-refractivity contribution is 0.169. The molecule has 1 saturated heterocycles. The van der Waals surface area contributed by atoms with Crippen molar-refractivity contribution in [2.24, 2.45) is 0 Å². The lowest BCUT2D eigenvalue weighted by Gasteiger charge is -2.33. The fourth-order valence-electron chi connectivity index (χ4n) is 2.76. The molecule has 21 heavy (non-hydrogen) atoms. The van der Waals surface area contributed by atoms with E-state index in [-0.39, 0.29) is 17.5 Å². The SMILES string of the molecule is CC1CS(=O)(=O)CCN1Cc1cc(Br)c2c(c1)OCCO2. The van der Waals surface area contributed by atoms with Crippen LogP contribution in [0, 0.1) is 0 Å². The summed E-state index contributed by atoms with van der Waals surface area (Å²) in [6, 6.07) is 4.04. The standard InChI is InChI=1S/C14H18BrNO4S/c1-10-9-21(17,18)5-2-16(10)8-11-6-12(15)14-13(7-11)19-3-4-20-14/h6-7,10H,2-5,8-9H2,1H3. The predicted molar refractivity (Wildman–Crippen MR) is 83.7 cm³/mol. The molecule has 2 aliphatic heterocycles. The zero-order chi connectivity index (χ0) is 15.0. The van der Waals surface area contributed by atoms with Crippen molar-refractivity contribution in [3.05, 3.63) is 22.2 Å². The molecule has 0 N–H and O–H groups in total. The molecule has 2 heterocycles. The average Bonchev–Trinajstić information content (AvgIpc) is 2.42. The van der Waals surface area contributed by atoms with Crippen molar-refractivity contribution in [3.8, 4) is 11.5 Å². The van der Waals surface area contributed by atoms with Gasteiger partial charge < -0.3 is 9.47 Å². The largest absolute Gasteiger partial charge is 0.486 e. The number of benzene rings is 1. The van der Waals surface area contributed by atoms with E-state index in [1.54, 1.807) is 0 Å². The van der Waals surface area contributed by atoms with Crippen LogP contribution in [0.1, 0.15) is 12.5 Å². The van der Waals surface area contributed by atoms with Gasteiger partial charge in [0.05, 0.1) is 16.0 Å². The lowest BCUT2D eigenvalue weighted by Crippen LogP contribution is -2.46. The molecule has 0 radical (unpaired) electrons. The number of nitrogens with zero attached hydrogens (tertiary/aromatic N) is 1. The molecule has 5 nitrogen and oxygen atoms in total. The van der Waals surface area contributed by atoms with E-state index in [4.69, 9.17) is 9.47 Å². The maximum Gasteiger partial charge on any atom is 0.175 e. The van der Waals surface area contributed by atoms with Crippen LogP contribution in [0.4, 0.5) is 0 Å². The summed E-state index contributed by atoms with van der Waals surface area (Å²) in [4.78, 5) is 2.19. The number of hydrogen-bond acceptors (Lipinski definition) is 5. The van der Waals surface area contributed by atoms with Gasteiger partial charge in [0.1, 0.15) is 13.2 Å². The maximum atomic E-state index is 11.6. The van der Waals surface area contributed by atoms with Crippen molar-refractivity contribution < 1.29 is 17.9 Å². The van der Waals surface area contributed by atoms with Crippen LogP contribution in [0.15, 0.2) is 16.6 Å². The van der Waals surface area contributed by atoms with E-state index in [0.29, 0.717) is 26.3 Å². The molecular formula is C14H18BrNO4S. The van der Waals surface area contributed by atoms with Crippen molar-refractivity contribution in [2.75, 3.05) is 31.3 Å². The smallest absolute Gasteiger partial charge is 0.175 e. The molecule has 1 aromatic carbocycles. The third kappa shape index (κ3) is 3.35. The minimum atomic E-state index is -2.88. The van der Waals surface area contributed by atoms with E-state index < -0.39 is 9.84 Å². The van der Waals surface area contributed by atoms with Gasteiger partial charge in [-0.1, -0.05) is 0 Å². The molecule has 0 saturated carbocycles. The van der Waals surface area contributed by atoms with Gasteiger partial charge in [-0.3, -0.25) is 4.90 Å². The number of rotatable bonds is 2. The molecule has 3 rings (SSSR count). The molecule has 7 heteroatoms. The quantitative estimate of drug-likeness (QED) is 0.789. The monoisotopic (exact) mass is 375 g/mol. The normalized spacial score (nSPS) is 24.8. The zero-order valence-electron chi connectivity index (χ0n) is 11.8. The van der Waals surface area contributed by atoms with Crippen LogP contribution in [0.3, 0.4) is 0 Å². The van der Waals surface area contributed by atoms with Gasteiger partial charge in [0.2, 0.25) is 0 Å². The lowest BCUT2D eigenvalue weighted by atomic mass is 10.1. The topological polar surface area (TPSA) is 55.8 Å². The Bertz CT molecular complexity index is 647. The summed E-state index contributed by atoms with van der Waals surface area (Å²) < 4.78 is 35.4. The highest BCUT2D eigenvalue weighted by Gasteiger charge is 2.28. The molecule has 0 spiro atoms. The third-order valence-corrected chi connectivity index (χ3v) is 6.23. The van der Waals surface area contributed by atoms with Crippen LogP contribution in [0.5, 0.6) is 11.5 Å². The van der Waals surface area contributed by atoms with E-state index >= 15 is 0 Å². The van der Waals surface area contributed by atoms with Gasteiger partial charge in [-0.15, -0.1) is 0 Å². The Morgan fingerprint density at radius 2 is 2.10 bits per heavy atom. The van der Waals surface area contributed by atoms with Crippen LogP contribution >= 0.6 is 15.9 Å². The van der Waals surface area contributed by atoms with E-state index in [1.807, 2.05) is 19.1 Å². The zero-order valence-corrected chi connectivity index (χ0v) is 14.2. The Hall–Kier alpha value is -0.790. The second-order valence-electron chi connectivity index (χ2n) is 5.54. The van der Waals surface area contributed by atoms with Crippen LogP contribution in [-0.2, 0) is 16.4 Å². The molecule has 1 aromatic rings. The van der Waals surface area contributed by atoms with Gasteiger partial charge in [-0.25, -0.2) is 8.42 Å². The third-order valence-electron chi connectivity index (χ3n) is 3.85. The fraction of sp³-hybridized carbons (Fsp3) is 0.571. The van der Waals surface area contributed by atoms with Gasteiger partial charge in [-0.2, -0.15) is 0 Å².